The van der Waals surface area contributed by atoms with Gasteiger partial charge in [-0.1, -0.05) is 18.5 Å². The summed E-state index contributed by atoms with van der Waals surface area (Å²) in [6.07, 6.45) is 0.522. The zero-order chi connectivity index (χ0) is 15.1. The van der Waals surface area contributed by atoms with Crippen molar-refractivity contribution < 1.29 is 19.1 Å². The second-order valence-electron chi connectivity index (χ2n) is 4.41. The summed E-state index contributed by atoms with van der Waals surface area (Å²) in [6.45, 7) is 2.10. The first-order valence-electron chi connectivity index (χ1n) is 6.09. The van der Waals surface area contributed by atoms with Gasteiger partial charge in [-0.15, -0.1) is 0 Å². The Morgan fingerprint density at radius 3 is 2.70 bits per heavy atom. The highest BCUT2D eigenvalue weighted by Crippen LogP contribution is 2.18. The molecule has 1 rings (SSSR count). The zero-order valence-corrected chi connectivity index (χ0v) is 11.7. The maximum atomic E-state index is 13.4. The summed E-state index contributed by atoms with van der Waals surface area (Å²) in [6, 6.07) is 3.72. The molecule has 0 aliphatic heterocycles. The van der Waals surface area contributed by atoms with Gasteiger partial charge in [0.1, 0.15) is 5.82 Å². The van der Waals surface area contributed by atoms with Crippen LogP contribution in [0.25, 0.3) is 0 Å². The molecule has 0 fully saturated rings. The molecule has 2 amide bonds. The van der Waals surface area contributed by atoms with E-state index in [1.54, 1.807) is 0 Å². The maximum absolute atomic E-state index is 13.4. The van der Waals surface area contributed by atoms with Crippen LogP contribution in [-0.2, 0) is 9.59 Å². The lowest BCUT2D eigenvalue weighted by molar-refractivity contribution is -0.136. The first-order valence-corrected chi connectivity index (χ1v) is 6.47. The molecule has 0 aliphatic rings. The van der Waals surface area contributed by atoms with Gasteiger partial charge in [-0.05, 0) is 30.5 Å². The smallest absolute Gasteiger partial charge is 0.313 e. The van der Waals surface area contributed by atoms with Crippen LogP contribution in [0.2, 0.25) is 5.02 Å². The van der Waals surface area contributed by atoms with Gasteiger partial charge >= 0.3 is 11.8 Å². The standard InChI is InChI=1S/C13H16ClFN2O3/c1-8(4-5-18)7-16-12(19)13(20)17-11-3-2-9(14)6-10(11)15/h2-3,6,8,18H,4-5,7H2,1H3,(H,16,19)(H,17,20). The van der Waals surface area contributed by atoms with Crippen molar-refractivity contribution in [2.45, 2.75) is 13.3 Å². The van der Waals surface area contributed by atoms with E-state index in [1.807, 2.05) is 6.92 Å². The van der Waals surface area contributed by atoms with Crippen LogP contribution in [0.4, 0.5) is 10.1 Å². The van der Waals surface area contributed by atoms with E-state index < -0.39 is 17.6 Å². The van der Waals surface area contributed by atoms with Crippen molar-refractivity contribution in [1.82, 2.24) is 5.32 Å². The summed E-state index contributed by atoms with van der Waals surface area (Å²) in [4.78, 5) is 23.0. The van der Waals surface area contributed by atoms with Crippen molar-refractivity contribution >= 4 is 29.1 Å². The van der Waals surface area contributed by atoms with Gasteiger partial charge in [-0.3, -0.25) is 9.59 Å². The predicted molar refractivity (Wildman–Crippen MR) is 73.9 cm³/mol. The van der Waals surface area contributed by atoms with Crippen molar-refractivity contribution in [2.75, 3.05) is 18.5 Å². The van der Waals surface area contributed by atoms with Crippen LogP contribution in [0, 0.1) is 11.7 Å². The zero-order valence-electron chi connectivity index (χ0n) is 11.0. The Kier molecular flexibility index (Phi) is 6.41. The molecule has 0 radical (unpaired) electrons. The molecule has 0 saturated heterocycles. The lowest BCUT2D eigenvalue weighted by Gasteiger charge is -2.11. The second-order valence-corrected chi connectivity index (χ2v) is 4.84. The van der Waals surface area contributed by atoms with Crippen molar-refractivity contribution in [2.24, 2.45) is 5.92 Å². The minimum atomic E-state index is -0.956. The molecule has 7 heteroatoms. The maximum Gasteiger partial charge on any atom is 0.313 e. The van der Waals surface area contributed by atoms with Gasteiger partial charge in [0.15, 0.2) is 0 Å². The minimum Gasteiger partial charge on any atom is -0.396 e. The summed E-state index contributed by atoms with van der Waals surface area (Å²) in [7, 11) is 0. The highest BCUT2D eigenvalue weighted by Gasteiger charge is 2.16. The monoisotopic (exact) mass is 302 g/mol. The van der Waals surface area contributed by atoms with E-state index in [9.17, 15) is 14.0 Å². The van der Waals surface area contributed by atoms with Crippen LogP contribution in [-0.4, -0.2) is 30.1 Å². The quantitative estimate of drug-likeness (QED) is 0.722. The number of amides is 2. The number of benzene rings is 1. The Labute approximate surface area is 121 Å². The molecule has 5 nitrogen and oxygen atoms in total. The fourth-order valence-electron chi connectivity index (χ4n) is 1.44. The van der Waals surface area contributed by atoms with Crippen LogP contribution < -0.4 is 10.6 Å². The van der Waals surface area contributed by atoms with Crippen molar-refractivity contribution in [3.63, 3.8) is 0 Å². The van der Waals surface area contributed by atoms with Gasteiger partial charge < -0.3 is 15.7 Å². The van der Waals surface area contributed by atoms with Crippen LogP contribution in [0.5, 0.6) is 0 Å². The van der Waals surface area contributed by atoms with Crippen LogP contribution in [0.15, 0.2) is 18.2 Å². The van der Waals surface area contributed by atoms with E-state index in [4.69, 9.17) is 16.7 Å². The number of carbonyl (C=O) groups is 2. The average molecular weight is 303 g/mol. The Balaban J connectivity index is 2.51. The first-order chi connectivity index (χ1) is 9.43. The molecule has 0 saturated carbocycles. The van der Waals surface area contributed by atoms with Crippen molar-refractivity contribution in [3.8, 4) is 0 Å². The summed E-state index contributed by atoms with van der Waals surface area (Å²) in [5, 5.41) is 13.5. The summed E-state index contributed by atoms with van der Waals surface area (Å²) in [5.74, 6) is -2.48. The largest absolute Gasteiger partial charge is 0.396 e. The van der Waals surface area contributed by atoms with Crippen LogP contribution >= 0.6 is 11.6 Å². The molecule has 1 aromatic rings. The number of hydrogen-bond donors (Lipinski definition) is 3. The van der Waals surface area contributed by atoms with Gasteiger partial charge in [-0.2, -0.15) is 0 Å². The van der Waals surface area contributed by atoms with Gasteiger partial charge in [0.2, 0.25) is 0 Å². The van der Waals surface area contributed by atoms with Crippen LogP contribution in [0.3, 0.4) is 0 Å². The number of rotatable bonds is 5. The highest BCUT2D eigenvalue weighted by atomic mass is 35.5. The fourth-order valence-corrected chi connectivity index (χ4v) is 1.60. The summed E-state index contributed by atoms with van der Waals surface area (Å²) < 4.78 is 13.4. The third kappa shape index (κ3) is 5.14. The number of aliphatic hydroxyl groups excluding tert-OH is 1. The molecule has 110 valence electrons. The number of hydrogen-bond acceptors (Lipinski definition) is 3. The molecule has 0 heterocycles. The average Bonchev–Trinajstić information content (AvgIpc) is 2.39. The van der Waals surface area contributed by atoms with Gasteiger partial charge in [0.25, 0.3) is 0 Å². The minimum absolute atomic E-state index is 0.0131. The molecule has 20 heavy (non-hydrogen) atoms. The number of halogens is 2. The second kappa shape index (κ2) is 7.81. The van der Waals surface area contributed by atoms with Gasteiger partial charge in [0.05, 0.1) is 5.69 Å². The van der Waals surface area contributed by atoms with Gasteiger partial charge in [0, 0.05) is 18.2 Å². The third-order valence-corrected chi connectivity index (χ3v) is 2.85. The fraction of sp³-hybridized carbons (Fsp3) is 0.385. The lowest BCUT2D eigenvalue weighted by atomic mass is 10.1. The summed E-state index contributed by atoms with van der Waals surface area (Å²) >= 11 is 5.58. The lowest BCUT2D eigenvalue weighted by Crippen LogP contribution is -2.37. The number of carbonyl (C=O) groups excluding carboxylic acids is 2. The highest BCUT2D eigenvalue weighted by molar-refractivity contribution is 6.39. The molecular weight excluding hydrogens is 287 g/mol. The van der Waals surface area contributed by atoms with E-state index in [2.05, 4.69) is 10.6 Å². The molecule has 1 unspecified atom stereocenters. The van der Waals surface area contributed by atoms with Crippen LogP contribution in [0.1, 0.15) is 13.3 Å². The predicted octanol–water partition coefficient (Wildman–Crippen LogP) is 1.55. The van der Waals surface area contributed by atoms with E-state index in [-0.39, 0.29) is 29.8 Å². The van der Waals surface area contributed by atoms with Gasteiger partial charge in [-0.25, -0.2) is 4.39 Å². The van der Waals surface area contributed by atoms with E-state index in [1.165, 1.54) is 12.1 Å². The molecule has 0 aliphatic carbocycles. The van der Waals surface area contributed by atoms with Crippen molar-refractivity contribution in [3.05, 3.63) is 29.0 Å². The van der Waals surface area contributed by atoms with E-state index >= 15 is 0 Å². The topological polar surface area (TPSA) is 78.4 Å². The third-order valence-electron chi connectivity index (χ3n) is 2.62. The molecule has 1 atom stereocenters. The molecule has 0 bridgehead atoms. The Hall–Kier alpha value is -1.66. The Morgan fingerprint density at radius 2 is 2.10 bits per heavy atom. The Bertz CT molecular complexity index is 497. The first kappa shape index (κ1) is 16.4. The summed E-state index contributed by atoms with van der Waals surface area (Å²) in [5.41, 5.74) is -0.113. The van der Waals surface area contributed by atoms with E-state index in [0.717, 1.165) is 6.07 Å². The Morgan fingerprint density at radius 1 is 1.40 bits per heavy atom. The normalized spacial score (nSPS) is 11.8. The SMILES string of the molecule is CC(CCO)CNC(=O)C(=O)Nc1ccc(Cl)cc1F. The number of anilines is 1. The molecule has 0 aromatic heterocycles. The molecular formula is C13H16ClFN2O3. The van der Waals surface area contributed by atoms with Crippen molar-refractivity contribution in [1.29, 1.82) is 0 Å². The molecule has 0 spiro atoms. The molecule has 3 N–H and O–H groups in total. The van der Waals surface area contributed by atoms with E-state index in [0.29, 0.717) is 6.42 Å². The number of nitrogens with one attached hydrogen (secondary N) is 2. The molecule has 1 aromatic carbocycles. The number of aliphatic hydroxyl groups is 1.